The molecule has 148 valence electrons. The molecule has 0 aliphatic carbocycles. The number of aryl methyl sites for hydroxylation is 2. The van der Waals surface area contributed by atoms with Crippen LogP contribution in [0.4, 0.5) is 11.4 Å². The minimum atomic E-state index is -0.517. The van der Waals surface area contributed by atoms with Gasteiger partial charge < -0.3 is 15.4 Å². The summed E-state index contributed by atoms with van der Waals surface area (Å²) < 4.78 is 0. The van der Waals surface area contributed by atoms with Crippen LogP contribution in [0.1, 0.15) is 42.7 Å². The number of nitrogens with one attached hydrogen (secondary N) is 2. The van der Waals surface area contributed by atoms with E-state index in [2.05, 4.69) is 70.0 Å². The maximum atomic E-state index is 9.97. The van der Waals surface area contributed by atoms with Crippen LogP contribution >= 0.6 is 0 Å². The maximum Gasteiger partial charge on any atom is 0.0957 e. The molecule has 0 aliphatic rings. The zero-order chi connectivity index (χ0) is 20.1. The Morgan fingerprint density at radius 3 is 2.66 bits per heavy atom. The highest BCUT2D eigenvalue weighted by Gasteiger charge is 2.07. The van der Waals surface area contributed by atoms with Crippen molar-refractivity contribution in [1.82, 2.24) is 9.97 Å². The number of rotatable bonds is 8. The van der Waals surface area contributed by atoms with E-state index in [9.17, 15) is 5.11 Å². The first-order valence-corrected chi connectivity index (χ1v) is 10.3. The van der Waals surface area contributed by atoms with Gasteiger partial charge in [-0.05, 0) is 67.1 Å². The van der Waals surface area contributed by atoms with E-state index in [0.717, 1.165) is 30.6 Å². The van der Waals surface area contributed by atoms with Crippen LogP contribution in [0.2, 0.25) is 0 Å². The Morgan fingerprint density at radius 2 is 1.83 bits per heavy atom. The van der Waals surface area contributed by atoms with Gasteiger partial charge in [-0.3, -0.25) is 4.98 Å². The van der Waals surface area contributed by atoms with Gasteiger partial charge in [0, 0.05) is 34.7 Å². The normalized spacial score (nSPS) is 12.2. The molecule has 2 aromatic heterocycles. The Hall–Kier alpha value is -3.11. The second-order valence-electron chi connectivity index (χ2n) is 7.43. The molecule has 4 aromatic rings. The van der Waals surface area contributed by atoms with Gasteiger partial charge in [-0.2, -0.15) is 0 Å². The van der Waals surface area contributed by atoms with E-state index < -0.39 is 6.10 Å². The number of nitrogens with zero attached hydrogens (tertiary/aromatic N) is 1. The van der Waals surface area contributed by atoms with Gasteiger partial charge in [0.05, 0.1) is 11.8 Å². The van der Waals surface area contributed by atoms with Crippen LogP contribution < -0.4 is 5.32 Å². The minimum absolute atomic E-state index is 0.517. The molecule has 0 radical (unpaired) electrons. The van der Waals surface area contributed by atoms with Crippen molar-refractivity contribution >= 4 is 22.3 Å². The molecule has 29 heavy (non-hydrogen) atoms. The largest absolute Gasteiger partial charge is 0.387 e. The fraction of sp³-hybridized carbons (Fsp3) is 0.240. The van der Waals surface area contributed by atoms with Crippen LogP contribution in [0.25, 0.3) is 10.9 Å². The van der Waals surface area contributed by atoms with Crippen LogP contribution in [-0.4, -0.2) is 15.1 Å². The molecule has 0 saturated carbocycles. The number of para-hydroxylation sites is 1. The monoisotopic (exact) mass is 385 g/mol. The average molecular weight is 386 g/mol. The smallest absolute Gasteiger partial charge is 0.0957 e. The number of benzene rings is 2. The molecule has 1 atom stereocenters. The molecule has 0 amide bonds. The van der Waals surface area contributed by atoms with Gasteiger partial charge in [0.1, 0.15) is 0 Å². The summed E-state index contributed by atoms with van der Waals surface area (Å²) in [6, 6.07) is 20.9. The molecule has 4 rings (SSSR count). The topological polar surface area (TPSA) is 60.9 Å². The Kier molecular flexibility index (Phi) is 5.92. The molecule has 3 N–H and O–H groups in total. The van der Waals surface area contributed by atoms with Gasteiger partial charge in [0.15, 0.2) is 0 Å². The van der Waals surface area contributed by atoms with E-state index in [1.54, 1.807) is 6.20 Å². The summed E-state index contributed by atoms with van der Waals surface area (Å²) in [6.07, 6.45) is 7.26. The van der Waals surface area contributed by atoms with Gasteiger partial charge in [-0.25, -0.2) is 0 Å². The molecule has 0 aliphatic heterocycles. The summed E-state index contributed by atoms with van der Waals surface area (Å²) in [6.45, 7) is 1.95. The SMILES string of the molecule is CCC(O)c1cc(Nc2ccc(CCCc3c[nH]c4ccccc34)cc2)ccn1. The summed E-state index contributed by atoms with van der Waals surface area (Å²) in [5.74, 6) is 0. The third-order valence-corrected chi connectivity index (χ3v) is 5.34. The fourth-order valence-corrected chi connectivity index (χ4v) is 3.66. The van der Waals surface area contributed by atoms with Crippen LogP contribution in [0.5, 0.6) is 0 Å². The molecule has 0 fully saturated rings. The number of pyridine rings is 1. The van der Waals surface area contributed by atoms with E-state index in [0.29, 0.717) is 12.1 Å². The lowest BCUT2D eigenvalue weighted by atomic mass is 10.0. The summed E-state index contributed by atoms with van der Waals surface area (Å²) in [5, 5.41) is 14.7. The standard InChI is InChI=1S/C25H27N3O/c1-2-25(29)24-16-21(14-15-26-24)28-20-12-10-18(11-13-20)6-5-7-19-17-27-23-9-4-3-8-22(19)23/h3-4,8-17,25,27,29H,2,5-7H2,1H3,(H,26,28). The van der Waals surface area contributed by atoms with E-state index in [1.165, 1.54) is 22.0 Å². The number of aliphatic hydroxyl groups excluding tert-OH is 1. The molecular formula is C25H27N3O. The van der Waals surface area contributed by atoms with Crippen molar-refractivity contribution in [2.45, 2.75) is 38.7 Å². The minimum Gasteiger partial charge on any atom is -0.387 e. The Labute approximate surface area is 171 Å². The third kappa shape index (κ3) is 4.66. The number of hydrogen-bond acceptors (Lipinski definition) is 3. The Balaban J connectivity index is 1.33. The lowest BCUT2D eigenvalue weighted by Gasteiger charge is -2.11. The fourth-order valence-electron chi connectivity index (χ4n) is 3.66. The molecule has 0 bridgehead atoms. The molecule has 4 nitrogen and oxygen atoms in total. The highest BCUT2D eigenvalue weighted by Crippen LogP contribution is 2.22. The van der Waals surface area contributed by atoms with E-state index in [4.69, 9.17) is 0 Å². The maximum absolute atomic E-state index is 9.97. The van der Waals surface area contributed by atoms with Crippen molar-refractivity contribution in [3.8, 4) is 0 Å². The predicted molar refractivity (Wildman–Crippen MR) is 120 cm³/mol. The highest BCUT2D eigenvalue weighted by molar-refractivity contribution is 5.83. The molecule has 1 unspecified atom stereocenters. The van der Waals surface area contributed by atoms with Gasteiger partial charge in [-0.15, -0.1) is 0 Å². The summed E-state index contributed by atoms with van der Waals surface area (Å²) >= 11 is 0. The van der Waals surface area contributed by atoms with Crippen molar-refractivity contribution in [3.05, 3.63) is 89.9 Å². The third-order valence-electron chi connectivity index (χ3n) is 5.34. The summed E-state index contributed by atoms with van der Waals surface area (Å²) in [4.78, 5) is 7.60. The molecule has 2 aromatic carbocycles. The number of hydrogen-bond donors (Lipinski definition) is 3. The highest BCUT2D eigenvalue weighted by atomic mass is 16.3. The second kappa shape index (κ2) is 8.93. The van der Waals surface area contributed by atoms with Gasteiger partial charge in [0.2, 0.25) is 0 Å². The predicted octanol–water partition coefficient (Wildman–Crippen LogP) is 5.93. The summed E-state index contributed by atoms with van der Waals surface area (Å²) in [5.41, 5.74) is 6.62. The van der Waals surface area contributed by atoms with Crippen molar-refractivity contribution in [2.24, 2.45) is 0 Å². The van der Waals surface area contributed by atoms with E-state index in [-0.39, 0.29) is 0 Å². The van der Waals surface area contributed by atoms with Gasteiger partial charge in [-0.1, -0.05) is 37.3 Å². The van der Waals surface area contributed by atoms with Crippen LogP contribution in [0, 0.1) is 0 Å². The van der Waals surface area contributed by atoms with Crippen LogP contribution in [0.3, 0.4) is 0 Å². The van der Waals surface area contributed by atoms with Crippen molar-refractivity contribution in [1.29, 1.82) is 0 Å². The van der Waals surface area contributed by atoms with E-state index >= 15 is 0 Å². The van der Waals surface area contributed by atoms with Crippen molar-refractivity contribution in [2.75, 3.05) is 5.32 Å². The number of aliphatic hydroxyl groups is 1. The average Bonchev–Trinajstić information content (AvgIpc) is 3.18. The molecule has 0 spiro atoms. The first-order valence-electron chi connectivity index (χ1n) is 10.3. The number of aromatic nitrogens is 2. The number of H-pyrrole nitrogens is 1. The zero-order valence-corrected chi connectivity index (χ0v) is 16.7. The zero-order valence-electron chi connectivity index (χ0n) is 16.7. The van der Waals surface area contributed by atoms with Crippen molar-refractivity contribution < 1.29 is 5.11 Å². The van der Waals surface area contributed by atoms with E-state index in [1.807, 2.05) is 19.1 Å². The second-order valence-corrected chi connectivity index (χ2v) is 7.43. The molecular weight excluding hydrogens is 358 g/mol. The number of anilines is 2. The first-order chi connectivity index (χ1) is 14.2. The summed E-state index contributed by atoms with van der Waals surface area (Å²) in [7, 11) is 0. The number of fused-ring (bicyclic) bond motifs is 1. The first kappa shape index (κ1) is 19.2. The van der Waals surface area contributed by atoms with Crippen LogP contribution in [-0.2, 0) is 12.8 Å². The Bertz CT molecular complexity index is 1070. The lowest BCUT2D eigenvalue weighted by Crippen LogP contribution is -2.00. The molecule has 2 heterocycles. The van der Waals surface area contributed by atoms with Gasteiger partial charge in [0.25, 0.3) is 0 Å². The molecule has 4 heteroatoms. The van der Waals surface area contributed by atoms with Gasteiger partial charge >= 0.3 is 0 Å². The molecule has 0 saturated heterocycles. The quantitative estimate of drug-likeness (QED) is 0.352. The van der Waals surface area contributed by atoms with Crippen molar-refractivity contribution in [3.63, 3.8) is 0 Å². The lowest BCUT2D eigenvalue weighted by molar-refractivity contribution is 0.169. The Morgan fingerprint density at radius 1 is 1.00 bits per heavy atom. The number of aromatic amines is 1. The van der Waals surface area contributed by atoms with Crippen LogP contribution in [0.15, 0.2) is 73.1 Å².